The van der Waals surface area contributed by atoms with Gasteiger partial charge < -0.3 is 4.98 Å². The average Bonchev–Trinajstić information content (AvgIpc) is 2.83. The molecule has 0 saturated carbocycles. The average molecular weight is 368 g/mol. The summed E-state index contributed by atoms with van der Waals surface area (Å²) in [6, 6.07) is 6.27. The third kappa shape index (κ3) is 2.69. The monoisotopic (exact) mass is 367 g/mol. The van der Waals surface area contributed by atoms with Crippen molar-refractivity contribution in [2.45, 2.75) is 6.42 Å². The Morgan fingerprint density at radius 2 is 2.05 bits per heavy atom. The first-order valence-corrected chi connectivity index (χ1v) is 7.00. The van der Waals surface area contributed by atoms with Crippen LogP contribution in [-0.4, -0.2) is 14.9 Å². The van der Waals surface area contributed by atoms with Crippen molar-refractivity contribution in [3.8, 4) is 0 Å². The smallest absolute Gasteiger partial charge is 0.298 e. The maximum Gasteiger partial charge on any atom is 0.298 e. The summed E-state index contributed by atoms with van der Waals surface area (Å²) in [5.41, 5.74) is 0.776. The fourth-order valence-electron chi connectivity index (χ4n) is 2.18. The SMILES string of the molecule is O=[N+]([O-])c1cc(Br)cc2[nH]c(Cc3ccc(F)cc3F)nc12. The molecule has 5 nitrogen and oxygen atoms in total. The van der Waals surface area contributed by atoms with Gasteiger partial charge in [-0.1, -0.05) is 22.0 Å². The molecule has 0 bridgehead atoms. The molecule has 1 N–H and O–H groups in total. The predicted octanol–water partition coefficient (Wildman–Crippen LogP) is 4.10. The molecular weight excluding hydrogens is 360 g/mol. The predicted molar refractivity (Wildman–Crippen MR) is 79.6 cm³/mol. The number of aromatic nitrogens is 2. The van der Waals surface area contributed by atoms with Crippen LogP contribution in [0.15, 0.2) is 34.8 Å². The Labute approximate surface area is 131 Å². The molecule has 1 aromatic heterocycles. The molecule has 8 heteroatoms. The Kier molecular flexibility index (Phi) is 3.61. The van der Waals surface area contributed by atoms with Crippen LogP contribution in [0.4, 0.5) is 14.5 Å². The number of hydrogen-bond donors (Lipinski definition) is 1. The van der Waals surface area contributed by atoms with Gasteiger partial charge in [-0.3, -0.25) is 10.1 Å². The lowest BCUT2D eigenvalue weighted by Gasteiger charge is -2.00. The standard InChI is InChI=1S/C14H8BrF2N3O2/c15-8-4-11-14(12(5-8)20(21)22)19-13(18-11)3-7-1-2-9(16)6-10(7)17/h1-2,4-6H,3H2,(H,18,19). The molecule has 0 fully saturated rings. The highest BCUT2D eigenvalue weighted by Crippen LogP contribution is 2.29. The second-order valence-electron chi connectivity index (χ2n) is 4.67. The molecule has 3 rings (SSSR count). The first kappa shape index (κ1) is 14.6. The minimum Gasteiger partial charge on any atom is -0.341 e. The molecule has 2 aromatic carbocycles. The van der Waals surface area contributed by atoms with Gasteiger partial charge in [0, 0.05) is 23.0 Å². The van der Waals surface area contributed by atoms with Gasteiger partial charge in [0.2, 0.25) is 0 Å². The van der Waals surface area contributed by atoms with Gasteiger partial charge in [0.05, 0.1) is 10.4 Å². The number of benzene rings is 2. The first-order valence-electron chi connectivity index (χ1n) is 6.20. The van der Waals surface area contributed by atoms with Gasteiger partial charge in [-0.15, -0.1) is 0 Å². The summed E-state index contributed by atoms with van der Waals surface area (Å²) in [6.45, 7) is 0. The second kappa shape index (κ2) is 5.45. The van der Waals surface area contributed by atoms with E-state index >= 15 is 0 Å². The zero-order valence-corrected chi connectivity index (χ0v) is 12.5. The van der Waals surface area contributed by atoms with Crippen LogP contribution in [0.5, 0.6) is 0 Å². The number of aromatic amines is 1. The molecule has 1 heterocycles. The van der Waals surface area contributed by atoms with Crippen LogP contribution < -0.4 is 0 Å². The molecule has 0 aliphatic carbocycles. The molecule has 0 spiro atoms. The quantitative estimate of drug-likeness (QED) is 0.559. The summed E-state index contributed by atoms with van der Waals surface area (Å²) in [5.74, 6) is -0.983. The number of nitrogens with one attached hydrogen (secondary N) is 1. The van der Waals surface area contributed by atoms with E-state index in [0.29, 0.717) is 15.8 Å². The fourth-order valence-corrected chi connectivity index (χ4v) is 2.63. The number of imidazole rings is 1. The Bertz CT molecular complexity index is 895. The maximum absolute atomic E-state index is 13.7. The highest BCUT2D eigenvalue weighted by Gasteiger charge is 2.18. The minimum absolute atomic E-state index is 0.0789. The molecule has 0 radical (unpaired) electrons. The summed E-state index contributed by atoms with van der Waals surface area (Å²) < 4.78 is 27.1. The van der Waals surface area contributed by atoms with Crippen molar-refractivity contribution in [2.24, 2.45) is 0 Å². The van der Waals surface area contributed by atoms with Crippen molar-refractivity contribution in [1.82, 2.24) is 9.97 Å². The number of halogens is 3. The van der Waals surface area contributed by atoms with E-state index < -0.39 is 16.6 Å². The van der Waals surface area contributed by atoms with Crippen LogP contribution in [0.1, 0.15) is 11.4 Å². The molecule has 22 heavy (non-hydrogen) atoms. The second-order valence-corrected chi connectivity index (χ2v) is 5.59. The number of H-pyrrole nitrogens is 1. The molecule has 0 atom stereocenters. The fraction of sp³-hybridized carbons (Fsp3) is 0.0714. The topological polar surface area (TPSA) is 71.8 Å². The van der Waals surface area contributed by atoms with Crippen LogP contribution in [0.2, 0.25) is 0 Å². The zero-order valence-electron chi connectivity index (χ0n) is 10.9. The van der Waals surface area contributed by atoms with Crippen LogP contribution in [0.3, 0.4) is 0 Å². The summed E-state index contributed by atoms with van der Waals surface area (Å²) >= 11 is 3.19. The van der Waals surface area contributed by atoms with Gasteiger partial charge in [-0.2, -0.15) is 0 Å². The van der Waals surface area contributed by atoms with Gasteiger partial charge in [-0.25, -0.2) is 13.8 Å². The van der Waals surface area contributed by atoms with Gasteiger partial charge in [-0.05, 0) is 17.7 Å². The van der Waals surface area contributed by atoms with E-state index in [2.05, 4.69) is 25.9 Å². The lowest BCUT2D eigenvalue weighted by Crippen LogP contribution is -1.95. The molecule has 112 valence electrons. The highest BCUT2D eigenvalue weighted by molar-refractivity contribution is 9.10. The van der Waals surface area contributed by atoms with Crippen molar-refractivity contribution in [3.05, 3.63) is 67.9 Å². The summed E-state index contributed by atoms with van der Waals surface area (Å²) in [7, 11) is 0. The Balaban J connectivity index is 2.05. The van der Waals surface area contributed by atoms with Crippen molar-refractivity contribution >= 4 is 32.7 Å². The van der Waals surface area contributed by atoms with Crippen LogP contribution in [0, 0.1) is 21.7 Å². The normalized spacial score (nSPS) is 11.0. The maximum atomic E-state index is 13.7. The number of nitro groups is 1. The van der Waals surface area contributed by atoms with Crippen LogP contribution >= 0.6 is 15.9 Å². The van der Waals surface area contributed by atoms with Gasteiger partial charge >= 0.3 is 0 Å². The van der Waals surface area contributed by atoms with E-state index in [-0.39, 0.29) is 23.2 Å². The number of nitro benzene ring substituents is 1. The summed E-state index contributed by atoms with van der Waals surface area (Å²) in [6.07, 6.45) is 0.0789. The third-order valence-corrected chi connectivity index (χ3v) is 3.61. The molecular formula is C14H8BrF2N3O2. The Morgan fingerprint density at radius 1 is 1.27 bits per heavy atom. The van der Waals surface area contributed by atoms with Crippen molar-refractivity contribution in [3.63, 3.8) is 0 Å². The van der Waals surface area contributed by atoms with Crippen LogP contribution in [-0.2, 0) is 6.42 Å². The number of fused-ring (bicyclic) bond motifs is 1. The number of hydrogen-bond acceptors (Lipinski definition) is 3. The van der Waals surface area contributed by atoms with Gasteiger partial charge in [0.1, 0.15) is 17.5 Å². The first-order chi connectivity index (χ1) is 10.4. The molecule has 0 aliphatic heterocycles. The van der Waals surface area contributed by atoms with Crippen LogP contribution in [0.25, 0.3) is 11.0 Å². The summed E-state index contributed by atoms with van der Waals surface area (Å²) in [5, 5.41) is 11.1. The zero-order chi connectivity index (χ0) is 15.9. The van der Waals surface area contributed by atoms with Crippen molar-refractivity contribution < 1.29 is 13.7 Å². The molecule has 0 aliphatic rings. The molecule has 3 aromatic rings. The largest absolute Gasteiger partial charge is 0.341 e. The van der Waals surface area contributed by atoms with Crippen molar-refractivity contribution in [1.29, 1.82) is 0 Å². The lowest BCUT2D eigenvalue weighted by molar-refractivity contribution is -0.383. The third-order valence-electron chi connectivity index (χ3n) is 3.15. The van der Waals surface area contributed by atoms with E-state index in [9.17, 15) is 18.9 Å². The highest BCUT2D eigenvalue weighted by atomic mass is 79.9. The van der Waals surface area contributed by atoms with E-state index in [0.717, 1.165) is 12.1 Å². The number of nitrogens with zero attached hydrogens (tertiary/aromatic N) is 2. The van der Waals surface area contributed by atoms with E-state index in [1.165, 1.54) is 12.1 Å². The number of rotatable bonds is 3. The van der Waals surface area contributed by atoms with Gasteiger partial charge in [0.25, 0.3) is 5.69 Å². The van der Waals surface area contributed by atoms with Crippen molar-refractivity contribution in [2.75, 3.05) is 0 Å². The molecule has 0 amide bonds. The summed E-state index contributed by atoms with van der Waals surface area (Å²) in [4.78, 5) is 17.6. The van der Waals surface area contributed by atoms with E-state index in [1.807, 2.05) is 0 Å². The number of non-ortho nitro benzene ring substituents is 1. The van der Waals surface area contributed by atoms with E-state index in [1.54, 1.807) is 6.07 Å². The Morgan fingerprint density at radius 3 is 2.73 bits per heavy atom. The minimum atomic E-state index is -0.684. The lowest BCUT2D eigenvalue weighted by atomic mass is 10.1. The molecule has 0 unspecified atom stereocenters. The Hall–Kier alpha value is -2.35. The van der Waals surface area contributed by atoms with Gasteiger partial charge in [0.15, 0.2) is 5.52 Å². The molecule has 0 saturated heterocycles. The van der Waals surface area contributed by atoms with E-state index in [4.69, 9.17) is 0 Å².